The predicted molar refractivity (Wildman–Crippen MR) is 188 cm³/mol. The fourth-order valence-corrected chi connectivity index (χ4v) is 6.35. The number of H-pyrrole nitrogens is 1. The van der Waals surface area contributed by atoms with Crippen LogP contribution >= 0.6 is 0 Å². The molecular formula is C35H39N11O5. The van der Waals surface area contributed by atoms with Crippen molar-refractivity contribution in [3.05, 3.63) is 66.6 Å². The van der Waals surface area contributed by atoms with Gasteiger partial charge in [0.15, 0.2) is 5.82 Å². The summed E-state index contributed by atoms with van der Waals surface area (Å²) in [5.74, 6) is 0.548. The van der Waals surface area contributed by atoms with E-state index in [1.54, 1.807) is 33.1 Å². The molecule has 0 atom stereocenters. The zero-order valence-corrected chi connectivity index (χ0v) is 28.7. The monoisotopic (exact) mass is 693 g/mol. The van der Waals surface area contributed by atoms with Gasteiger partial charge in [0, 0.05) is 76.0 Å². The lowest BCUT2D eigenvalue weighted by Gasteiger charge is -2.35. The van der Waals surface area contributed by atoms with Crippen molar-refractivity contribution >= 4 is 40.3 Å². The van der Waals surface area contributed by atoms with Crippen LogP contribution in [0.1, 0.15) is 24.2 Å². The molecule has 0 aliphatic carbocycles. The highest BCUT2D eigenvalue weighted by Gasteiger charge is 2.32. The van der Waals surface area contributed by atoms with E-state index < -0.39 is 11.7 Å². The van der Waals surface area contributed by atoms with Crippen LogP contribution in [0.15, 0.2) is 61.1 Å². The molecule has 7 rings (SSSR count). The van der Waals surface area contributed by atoms with Gasteiger partial charge in [0.25, 0.3) is 17.6 Å². The number of tetrazole rings is 1. The third-order valence-corrected chi connectivity index (χ3v) is 9.09. The molecule has 2 aliphatic rings. The second-order valence-electron chi connectivity index (χ2n) is 12.8. The number of fused-ring (bicyclic) bond motifs is 1. The Morgan fingerprint density at radius 1 is 0.882 bits per heavy atom. The molecule has 1 N–H and O–H groups in total. The van der Waals surface area contributed by atoms with E-state index in [9.17, 15) is 14.4 Å². The molecule has 16 heteroatoms. The number of benzene rings is 1. The molecule has 5 aromatic rings. The van der Waals surface area contributed by atoms with E-state index in [0.29, 0.717) is 99.0 Å². The summed E-state index contributed by atoms with van der Waals surface area (Å²) in [6, 6.07) is 13.5. The smallest absolute Gasteiger partial charge is 0.409 e. The van der Waals surface area contributed by atoms with Crippen LogP contribution in [0.3, 0.4) is 0 Å². The lowest BCUT2D eigenvalue weighted by Crippen LogP contribution is -2.51. The van der Waals surface area contributed by atoms with Crippen molar-refractivity contribution in [2.24, 2.45) is 5.92 Å². The summed E-state index contributed by atoms with van der Waals surface area (Å²) >= 11 is 0. The number of Topliss-reactive ketones (excluding diaryl/α,β-unsaturated/α-hetero) is 1. The molecule has 0 saturated carbocycles. The molecule has 0 unspecified atom stereocenters. The summed E-state index contributed by atoms with van der Waals surface area (Å²) < 4.78 is 12.6. The van der Waals surface area contributed by atoms with Crippen molar-refractivity contribution in [2.45, 2.75) is 13.8 Å². The van der Waals surface area contributed by atoms with Gasteiger partial charge in [-0.2, -0.15) is 4.68 Å². The molecule has 2 fully saturated rings. The number of amides is 2. The van der Waals surface area contributed by atoms with Gasteiger partial charge in [-0.25, -0.2) is 9.78 Å². The third-order valence-electron chi connectivity index (χ3n) is 9.09. The lowest BCUT2D eigenvalue weighted by atomic mass is 10.0. The number of carbonyl (C=O) groups excluding carboxylic acids is 3. The minimum atomic E-state index is -0.633. The molecule has 0 bridgehead atoms. The van der Waals surface area contributed by atoms with Gasteiger partial charge >= 0.3 is 6.09 Å². The zero-order chi connectivity index (χ0) is 35.5. The maximum absolute atomic E-state index is 13.8. The second-order valence-corrected chi connectivity index (χ2v) is 12.8. The van der Waals surface area contributed by atoms with E-state index in [-0.39, 0.29) is 11.7 Å². The van der Waals surface area contributed by atoms with Crippen LogP contribution in [-0.4, -0.2) is 129 Å². The van der Waals surface area contributed by atoms with Crippen molar-refractivity contribution in [2.75, 3.05) is 75.9 Å². The number of pyridine rings is 2. The van der Waals surface area contributed by atoms with E-state index in [1.165, 1.54) is 7.11 Å². The molecule has 2 saturated heterocycles. The van der Waals surface area contributed by atoms with Gasteiger partial charge in [-0.1, -0.05) is 37.1 Å². The average molecular weight is 694 g/mol. The number of ether oxygens (including phenoxy) is 2. The van der Waals surface area contributed by atoms with Crippen molar-refractivity contribution in [1.29, 1.82) is 0 Å². The highest BCUT2D eigenvalue weighted by molar-refractivity contribution is 6.45. The summed E-state index contributed by atoms with van der Waals surface area (Å²) in [6.07, 6.45) is 4.52. The summed E-state index contributed by atoms with van der Waals surface area (Å²) in [7, 11) is 1.51. The maximum Gasteiger partial charge on any atom is 0.409 e. The minimum Gasteiger partial charge on any atom is -0.494 e. The second kappa shape index (κ2) is 14.4. The van der Waals surface area contributed by atoms with Gasteiger partial charge in [-0.05, 0) is 40.6 Å². The van der Waals surface area contributed by atoms with Crippen molar-refractivity contribution in [1.82, 2.24) is 45.0 Å². The summed E-state index contributed by atoms with van der Waals surface area (Å²) in [6.45, 7) is 8.50. The van der Waals surface area contributed by atoms with Gasteiger partial charge in [-0.15, -0.1) is 0 Å². The quantitative estimate of drug-likeness (QED) is 0.177. The number of methoxy groups -OCH3 is 1. The molecule has 51 heavy (non-hydrogen) atoms. The minimum absolute atomic E-state index is 0.221. The number of nitrogens with zero attached hydrogens (tertiary/aromatic N) is 10. The van der Waals surface area contributed by atoms with E-state index in [1.807, 2.05) is 61.2 Å². The van der Waals surface area contributed by atoms with Gasteiger partial charge in [0.05, 0.1) is 42.1 Å². The van der Waals surface area contributed by atoms with Crippen LogP contribution < -0.4 is 14.5 Å². The number of hydrogen-bond donors (Lipinski definition) is 1. The average Bonchev–Trinajstić information content (AvgIpc) is 3.86. The largest absolute Gasteiger partial charge is 0.494 e. The molecule has 1 aromatic carbocycles. The summed E-state index contributed by atoms with van der Waals surface area (Å²) in [5, 5.41) is 12.6. The van der Waals surface area contributed by atoms with E-state index >= 15 is 0 Å². The molecule has 0 radical (unpaired) electrons. The Kier molecular flexibility index (Phi) is 9.46. The Morgan fingerprint density at radius 3 is 2.29 bits per heavy atom. The highest BCUT2D eigenvalue weighted by atomic mass is 16.6. The SMILES string of the molecule is COc1cnc(-c2ccc(N3CCN(C(=O)OCC(C)C)CC3)cc2)c2[nH]cc(C(=O)C(=O)N3CCN(c4nnnn4-c4ccccn4)CC3)c12. The Labute approximate surface area is 293 Å². The Balaban J connectivity index is 1.03. The van der Waals surface area contributed by atoms with Crippen molar-refractivity contribution < 1.29 is 23.9 Å². The first-order valence-electron chi connectivity index (χ1n) is 16.9. The Hall–Kier alpha value is -6.06. The number of rotatable bonds is 9. The Bertz CT molecular complexity index is 2010. The van der Waals surface area contributed by atoms with Gasteiger partial charge in [0.2, 0.25) is 0 Å². The van der Waals surface area contributed by atoms with Crippen molar-refractivity contribution in [3.63, 3.8) is 0 Å². The lowest BCUT2D eigenvalue weighted by molar-refractivity contribution is -0.126. The first-order chi connectivity index (χ1) is 24.8. The number of carbonyl (C=O) groups is 3. The maximum atomic E-state index is 13.8. The Morgan fingerprint density at radius 2 is 1.61 bits per heavy atom. The van der Waals surface area contributed by atoms with Gasteiger partial charge in [-0.3, -0.25) is 14.6 Å². The first-order valence-corrected chi connectivity index (χ1v) is 16.9. The van der Waals surface area contributed by atoms with E-state index in [4.69, 9.17) is 9.47 Å². The van der Waals surface area contributed by atoms with E-state index in [0.717, 1.165) is 11.3 Å². The normalized spacial score (nSPS) is 15.1. The van der Waals surface area contributed by atoms with Crippen LogP contribution in [0.25, 0.3) is 28.0 Å². The van der Waals surface area contributed by atoms with Crippen LogP contribution in [0.4, 0.5) is 16.4 Å². The number of piperazine rings is 2. The fourth-order valence-electron chi connectivity index (χ4n) is 6.35. The molecule has 6 heterocycles. The van der Waals surface area contributed by atoms with Gasteiger partial charge < -0.3 is 34.1 Å². The number of ketones is 1. The van der Waals surface area contributed by atoms with Crippen LogP contribution in [0.5, 0.6) is 5.75 Å². The number of nitrogens with one attached hydrogen (secondary N) is 1. The van der Waals surface area contributed by atoms with Crippen molar-refractivity contribution in [3.8, 4) is 22.8 Å². The number of aromatic amines is 1. The number of aromatic nitrogens is 7. The topological polar surface area (TPSA) is 168 Å². The first kappa shape index (κ1) is 33.4. The molecule has 2 amide bonds. The van der Waals surface area contributed by atoms with Gasteiger partial charge in [0.1, 0.15) is 5.75 Å². The molecule has 0 spiro atoms. The molecule has 2 aliphatic heterocycles. The van der Waals surface area contributed by atoms with Crippen LogP contribution in [0.2, 0.25) is 0 Å². The van der Waals surface area contributed by atoms with E-state index in [2.05, 4.69) is 35.4 Å². The summed E-state index contributed by atoms with van der Waals surface area (Å²) in [5.41, 5.74) is 3.30. The zero-order valence-electron chi connectivity index (χ0n) is 28.7. The summed E-state index contributed by atoms with van der Waals surface area (Å²) in [4.78, 5) is 59.4. The third kappa shape index (κ3) is 6.76. The molecule has 264 valence electrons. The molecule has 16 nitrogen and oxygen atoms in total. The highest BCUT2D eigenvalue weighted by Crippen LogP contribution is 2.35. The molecular weight excluding hydrogens is 654 g/mol. The molecule has 4 aromatic heterocycles. The number of hydrogen-bond acceptors (Lipinski definition) is 12. The van der Waals surface area contributed by atoms with Crippen LogP contribution in [0, 0.1) is 5.92 Å². The van der Waals surface area contributed by atoms with Crippen LogP contribution in [-0.2, 0) is 9.53 Å². The fraction of sp³-hybridized carbons (Fsp3) is 0.371. The number of anilines is 2. The predicted octanol–water partition coefficient (Wildman–Crippen LogP) is 3.06. The standard InChI is InChI=1S/C35H39N11O5/c1-23(2)22-51-35(49)45-18-12-42(13-19-45)25-9-7-24(8-10-25)30-31-29(27(50-3)21-38-30)26(20-37-31)32(47)33(48)43-14-16-44(17-15-43)34-39-40-41-46(34)28-6-4-5-11-36-28/h4-11,20-21,23,37H,12-19,22H2,1-3H3.